The molecule has 0 N–H and O–H groups in total. The second-order valence-electron chi connectivity index (χ2n) is 3.16. The van der Waals surface area contributed by atoms with Crippen LogP contribution < -0.4 is 4.74 Å². The average Bonchev–Trinajstić information content (AvgIpc) is 2.29. The number of aromatic nitrogens is 1. The van der Waals surface area contributed by atoms with Crippen molar-refractivity contribution < 1.29 is 9.47 Å². The Kier molecular flexibility index (Phi) is 6.12. The Balaban J connectivity index is 2.24. The van der Waals surface area contributed by atoms with Crippen LogP contribution in [0.15, 0.2) is 18.3 Å². The smallest absolute Gasteiger partial charge is 0.122 e. The highest BCUT2D eigenvalue weighted by Gasteiger charge is 1.96. The van der Waals surface area contributed by atoms with Gasteiger partial charge in [-0.05, 0) is 18.9 Å². The molecule has 84 valence electrons. The van der Waals surface area contributed by atoms with Crippen LogP contribution in [0.3, 0.4) is 0 Å². The van der Waals surface area contributed by atoms with Gasteiger partial charge in [-0.1, -0.05) is 0 Å². The third-order valence-corrected chi connectivity index (χ3v) is 2.21. The van der Waals surface area contributed by atoms with Crippen molar-refractivity contribution in [2.24, 2.45) is 0 Å². The Morgan fingerprint density at radius 2 is 2.13 bits per heavy atom. The Bertz CT molecular complexity index is 281. The van der Waals surface area contributed by atoms with Gasteiger partial charge in [-0.25, -0.2) is 0 Å². The summed E-state index contributed by atoms with van der Waals surface area (Å²) in [5.74, 6) is 1.25. The first kappa shape index (κ1) is 12.3. The molecule has 15 heavy (non-hydrogen) atoms. The molecule has 0 amide bonds. The number of rotatable bonds is 7. The normalized spacial score (nSPS) is 10.3. The van der Waals surface area contributed by atoms with E-state index in [1.807, 2.05) is 12.1 Å². The van der Waals surface area contributed by atoms with E-state index in [4.69, 9.17) is 21.1 Å². The molecule has 0 fully saturated rings. The molecule has 1 rings (SSSR count). The maximum Gasteiger partial charge on any atom is 0.122 e. The first-order chi connectivity index (χ1) is 7.36. The molecule has 0 aliphatic rings. The maximum atomic E-state index is 5.67. The molecule has 0 spiro atoms. The number of pyridine rings is 1. The Morgan fingerprint density at radius 1 is 1.33 bits per heavy atom. The highest BCUT2D eigenvalue weighted by Crippen LogP contribution is 2.12. The first-order valence-electron chi connectivity index (χ1n) is 4.99. The van der Waals surface area contributed by atoms with Crippen LogP contribution in [0.2, 0.25) is 0 Å². The fourth-order valence-electron chi connectivity index (χ4n) is 1.16. The number of unbranched alkanes of at least 4 members (excludes halogenated alkanes) is 1. The van der Waals surface area contributed by atoms with E-state index in [9.17, 15) is 0 Å². The molecule has 0 unspecified atom stereocenters. The van der Waals surface area contributed by atoms with E-state index >= 15 is 0 Å². The highest BCUT2D eigenvalue weighted by atomic mass is 35.5. The van der Waals surface area contributed by atoms with Crippen LogP contribution in [0.5, 0.6) is 5.75 Å². The summed E-state index contributed by atoms with van der Waals surface area (Å²) in [7, 11) is 1.70. The van der Waals surface area contributed by atoms with E-state index in [1.54, 1.807) is 13.3 Å². The van der Waals surface area contributed by atoms with Crippen molar-refractivity contribution in [2.45, 2.75) is 18.7 Å². The van der Waals surface area contributed by atoms with Crippen LogP contribution in [-0.2, 0) is 10.6 Å². The summed E-state index contributed by atoms with van der Waals surface area (Å²) in [6, 6.07) is 3.70. The topological polar surface area (TPSA) is 31.4 Å². The molecule has 0 aliphatic carbocycles. The minimum atomic E-state index is 0.418. The summed E-state index contributed by atoms with van der Waals surface area (Å²) in [5.41, 5.74) is 0.839. The summed E-state index contributed by atoms with van der Waals surface area (Å²) >= 11 is 5.67. The predicted octanol–water partition coefficient (Wildman–Crippen LogP) is 2.63. The number of alkyl halides is 1. The zero-order chi connectivity index (χ0) is 10.9. The number of halogens is 1. The molecule has 0 saturated heterocycles. The van der Waals surface area contributed by atoms with Crippen molar-refractivity contribution in [2.75, 3.05) is 20.3 Å². The SMILES string of the molecule is COCCCCOc1ccnc(CCl)c1. The first-order valence-corrected chi connectivity index (χ1v) is 5.53. The van der Waals surface area contributed by atoms with Crippen molar-refractivity contribution in [3.63, 3.8) is 0 Å². The van der Waals surface area contributed by atoms with Gasteiger partial charge in [0.1, 0.15) is 5.75 Å². The minimum Gasteiger partial charge on any atom is -0.493 e. The van der Waals surface area contributed by atoms with Crippen molar-refractivity contribution in [1.29, 1.82) is 0 Å². The largest absolute Gasteiger partial charge is 0.493 e. The zero-order valence-corrected chi connectivity index (χ0v) is 9.67. The van der Waals surface area contributed by atoms with E-state index in [0.29, 0.717) is 12.5 Å². The lowest BCUT2D eigenvalue weighted by Crippen LogP contribution is -2.00. The summed E-state index contributed by atoms with van der Waals surface area (Å²) in [6.07, 6.45) is 3.72. The monoisotopic (exact) mass is 229 g/mol. The average molecular weight is 230 g/mol. The number of methoxy groups -OCH3 is 1. The van der Waals surface area contributed by atoms with Gasteiger partial charge < -0.3 is 9.47 Å². The summed E-state index contributed by atoms with van der Waals surface area (Å²) < 4.78 is 10.5. The molecule has 3 nitrogen and oxygen atoms in total. The third kappa shape index (κ3) is 5.00. The van der Waals surface area contributed by atoms with Gasteiger partial charge in [0.15, 0.2) is 0 Å². The molecule has 0 radical (unpaired) electrons. The Hall–Kier alpha value is -0.800. The maximum absolute atomic E-state index is 5.67. The fraction of sp³-hybridized carbons (Fsp3) is 0.545. The van der Waals surface area contributed by atoms with Gasteiger partial charge in [0, 0.05) is 26.0 Å². The van der Waals surface area contributed by atoms with Crippen molar-refractivity contribution in [3.8, 4) is 5.75 Å². The molecule has 0 bridgehead atoms. The van der Waals surface area contributed by atoms with Gasteiger partial charge in [-0.3, -0.25) is 4.98 Å². The lowest BCUT2D eigenvalue weighted by atomic mass is 10.3. The lowest BCUT2D eigenvalue weighted by molar-refractivity contribution is 0.184. The van der Waals surface area contributed by atoms with Crippen LogP contribution >= 0.6 is 11.6 Å². The van der Waals surface area contributed by atoms with Gasteiger partial charge in [0.2, 0.25) is 0 Å². The van der Waals surface area contributed by atoms with Crippen molar-refractivity contribution >= 4 is 11.6 Å². The Morgan fingerprint density at radius 3 is 2.87 bits per heavy atom. The fourth-order valence-corrected chi connectivity index (χ4v) is 1.30. The third-order valence-electron chi connectivity index (χ3n) is 1.94. The molecule has 0 atom stereocenters. The van der Waals surface area contributed by atoms with Crippen LogP contribution in [0.4, 0.5) is 0 Å². The minimum absolute atomic E-state index is 0.418. The molecule has 1 aromatic rings. The van der Waals surface area contributed by atoms with Gasteiger partial charge in [0.05, 0.1) is 18.2 Å². The lowest BCUT2D eigenvalue weighted by Gasteiger charge is -2.06. The second-order valence-corrected chi connectivity index (χ2v) is 3.43. The molecule has 0 saturated carbocycles. The quantitative estimate of drug-likeness (QED) is 0.532. The molecule has 0 aromatic carbocycles. The van der Waals surface area contributed by atoms with Gasteiger partial charge in [-0.2, -0.15) is 0 Å². The van der Waals surface area contributed by atoms with Gasteiger partial charge >= 0.3 is 0 Å². The van der Waals surface area contributed by atoms with E-state index in [2.05, 4.69) is 4.98 Å². The number of nitrogens with zero attached hydrogens (tertiary/aromatic N) is 1. The summed E-state index contributed by atoms with van der Waals surface area (Å²) in [4.78, 5) is 4.08. The van der Waals surface area contributed by atoms with Crippen LogP contribution in [-0.4, -0.2) is 25.3 Å². The number of hydrogen-bond acceptors (Lipinski definition) is 3. The highest BCUT2D eigenvalue weighted by molar-refractivity contribution is 6.16. The Labute approximate surface area is 95.4 Å². The van der Waals surface area contributed by atoms with Crippen molar-refractivity contribution in [3.05, 3.63) is 24.0 Å². The van der Waals surface area contributed by atoms with E-state index in [-0.39, 0.29) is 0 Å². The number of hydrogen-bond donors (Lipinski definition) is 0. The predicted molar refractivity (Wildman–Crippen MR) is 60.4 cm³/mol. The summed E-state index contributed by atoms with van der Waals surface area (Å²) in [5, 5.41) is 0. The molecule has 1 heterocycles. The standard InChI is InChI=1S/C11H16ClNO2/c1-14-6-2-3-7-15-11-4-5-13-10(8-11)9-12/h4-5,8H,2-3,6-7,9H2,1H3. The molecular weight excluding hydrogens is 214 g/mol. The van der Waals surface area contributed by atoms with Crippen molar-refractivity contribution in [1.82, 2.24) is 4.98 Å². The van der Waals surface area contributed by atoms with E-state index < -0.39 is 0 Å². The molecule has 1 aromatic heterocycles. The van der Waals surface area contributed by atoms with E-state index in [0.717, 1.165) is 30.9 Å². The zero-order valence-electron chi connectivity index (χ0n) is 8.91. The van der Waals surface area contributed by atoms with Crippen LogP contribution in [0, 0.1) is 0 Å². The van der Waals surface area contributed by atoms with Crippen LogP contribution in [0.1, 0.15) is 18.5 Å². The molecule has 4 heteroatoms. The summed E-state index contributed by atoms with van der Waals surface area (Å²) in [6.45, 7) is 1.49. The number of ether oxygens (including phenoxy) is 2. The van der Waals surface area contributed by atoms with E-state index in [1.165, 1.54) is 0 Å². The second kappa shape index (κ2) is 7.49. The molecule has 0 aliphatic heterocycles. The van der Waals surface area contributed by atoms with Gasteiger partial charge in [-0.15, -0.1) is 11.6 Å². The van der Waals surface area contributed by atoms with Gasteiger partial charge in [0.25, 0.3) is 0 Å². The van der Waals surface area contributed by atoms with Crippen LogP contribution in [0.25, 0.3) is 0 Å². The molecular formula is C11H16ClNO2.